The molecule has 1 aromatic heterocycles. The van der Waals surface area contributed by atoms with Crippen molar-refractivity contribution in [1.29, 1.82) is 0 Å². The van der Waals surface area contributed by atoms with Gasteiger partial charge in [-0.05, 0) is 36.4 Å². The lowest BCUT2D eigenvalue weighted by Crippen LogP contribution is -2.28. The van der Waals surface area contributed by atoms with E-state index in [0.29, 0.717) is 35.4 Å². The van der Waals surface area contributed by atoms with Crippen LogP contribution < -0.4 is 15.0 Å². The van der Waals surface area contributed by atoms with Gasteiger partial charge in [0.1, 0.15) is 5.75 Å². The number of hydrogen-bond acceptors (Lipinski definition) is 6. The molecule has 0 bridgehead atoms. The summed E-state index contributed by atoms with van der Waals surface area (Å²) in [5, 5.41) is 6.94. The Morgan fingerprint density at radius 3 is 2.50 bits per heavy atom. The second-order valence-corrected chi connectivity index (χ2v) is 7.93. The van der Waals surface area contributed by atoms with Gasteiger partial charge in [0.05, 0.1) is 18.7 Å². The standard InChI is InChI=1S/C26H22N4O4/c1-33-22-10-6-5-9-21(22)30-16-19(15-23(30)31)25(32)27-20-13-11-18(12-14-20)26-28-24(29-34-26)17-7-3-2-4-8-17/h2-14,19H,15-16H2,1H3,(H,27,32). The molecule has 34 heavy (non-hydrogen) atoms. The average Bonchev–Trinajstić information content (AvgIpc) is 3.52. The molecule has 0 saturated carbocycles. The first-order valence-corrected chi connectivity index (χ1v) is 10.9. The third kappa shape index (κ3) is 4.25. The van der Waals surface area contributed by atoms with E-state index < -0.39 is 5.92 Å². The van der Waals surface area contributed by atoms with Crippen LogP contribution in [0.1, 0.15) is 6.42 Å². The minimum Gasteiger partial charge on any atom is -0.495 e. The average molecular weight is 454 g/mol. The van der Waals surface area contributed by atoms with Gasteiger partial charge in [-0.1, -0.05) is 47.6 Å². The zero-order valence-corrected chi connectivity index (χ0v) is 18.5. The Balaban J connectivity index is 1.25. The lowest BCUT2D eigenvalue weighted by Gasteiger charge is -2.19. The summed E-state index contributed by atoms with van der Waals surface area (Å²) in [6.07, 6.45) is 0.145. The second kappa shape index (κ2) is 9.19. The topological polar surface area (TPSA) is 97.6 Å². The van der Waals surface area contributed by atoms with Gasteiger partial charge in [-0.3, -0.25) is 9.59 Å². The molecule has 8 nitrogen and oxygen atoms in total. The number of ether oxygens (including phenoxy) is 1. The molecule has 8 heteroatoms. The highest BCUT2D eigenvalue weighted by Gasteiger charge is 2.36. The molecule has 2 amide bonds. The minimum atomic E-state index is -0.457. The molecule has 4 aromatic rings. The van der Waals surface area contributed by atoms with Crippen LogP contribution in [0.15, 0.2) is 83.4 Å². The number of nitrogens with one attached hydrogen (secondary N) is 1. The lowest BCUT2D eigenvalue weighted by atomic mass is 10.1. The summed E-state index contributed by atoms with van der Waals surface area (Å²) in [7, 11) is 1.56. The molecular weight excluding hydrogens is 432 g/mol. The Morgan fingerprint density at radius 1 is 1.00 bits per heavy atom. The quantitative estimate of drug-likeness (QED) is 0.464. The maximum absolute atomic E-state index is 12.8. The van der Waals surface area contributed by atoms with E-state index >= 15 is 0 Å². The molecule has 0 aliphatic carbocycles. The van der Waals surface area contributed by atoms with E-state index in [1.54, 1.807) is 42.3 Å². The van der Waals surface area contributed by atoms with Gasteiger partial charge in [0.2, 0.25) is 17.6 Å². The highest BCUT2D eigenvalue weighted by Crippen LogP contribution is 2.33. The van der Waals surface area contributed by atoms with Crippen LogP contribution >= 0.6 is 0 Å². The van der Waals surface area contributed by atoms with Gasteiger partial charge in [0, 0.05) is 29.8 Å². The second-order valence-electron chi connectivity index (χ2n) is 7.93. The van der Waals surface area contributed by atoms with Crippen LogP contribution in [-0.4, -0.2) is 35.6 Å². The van der Waals surface area contributed by atoms with Gasteiger partial charge in [-0.2, -0.15) is 4.98 Å². The summed E-state index contributed by atoms with van der Waals surface area (Å²) in [5.41, 5.74) is 2.91. The van der Waals surface area contributed by atoms with E-state index in [0.717, 1.165) is 11.1 Å². The van der Waals surface area contributed by atoms with Crippen LogP contribution in [-0.2, 0) is 9.59 Å². The lowest BCUT2D eigenvalue weighted by molar-refractivity contribution is -0.122. The fourth-order valence-electron chi connectivity index (χ4n) is 3.95. The van der Waals surface area contributed by atoms with Crippen molar-refractivity contribution in [3.8, 4) is 28.6 Å². The number of para-hydroxylation sites is 2. The Hall–Kier alpha value is -4.46. The van der Waals surface area contributed by atoms with E-state index in [9.17, 15) is 9.59 Å². The van der Waals surface area contributed by atoms with Crippen molar-refractivity contribution in [2.45, 2.75) is 6.42 Å². The summed E-state index contributed by atoms with van der Waals surface area (Å²) in [4.78, 5) is 31.5. The number of anilines is 2. The van der Waals surface area contributed by atoms with Crippen molar-refractivity contribution in [2.75, 3.05) is 23.9 Å². The van der Waals surface area contributed by atoms with E-state index in [1.165, 1.54) is 0 Å². The van der Waals surface area contributed by atoms with Crippen LogP contribution in [0.4, 0.5) is 11.4 Å². The first-order chi connectivity index (χ1) is 16.6. The van der Waals surface area contributed by atoms with Crippen LogP contribution in [0.5, 0.6) is 5.75 Å². The van der Waals surface area contributed by atoms with Crippen molar-refractivity contribution in [2.24, 2.45) is 5.92 Å². The molecule has 1 N–H and O–H groups in total. The molecule has 1 aliphatic rings. The third-order valence-corrected chi connectivity index (χ3v) is 5.73. The number of carbonyl (C=O) groups excluding carboxylic acids is 2. The van der Waals surface area contributed by atoms with Crippen LogP contribution in [0, 0.1) is 5.92 Å². The van der Waals surface area contributed by atoms with Crippen LogP contribution in [0.25, 0.3) is 22.8 Å². The van der Waals surface area contributed by atoms with Gasteiger partial charge in [-0.25, -0.2) is 0 Å². The fraction of sp³-hybridized carbons (Fsp3) is 0.154. The predicted octanol–water partition coefficient (Wildman–Crippen LogP) is 4.40. The number of rotatable bonds is 6. The predicted molar refractivity (Wildman–Crippen MR) is 127 cm³/mol. The molecule has 0 radical (unpaired) electrons. The number of benzene rings is 3. The molecule has 1 fully saturated rings. The molecule has 1 atom stereocenters. The Labute approximate surface area is 196 Å². The molecule has 170 valence electrons. The summed E-state index contributed by atoms with van der Waals surface area (Å²) in [6.45, 7) is 0.299. The Bertz CT molecular complexity index is 1320. The molecule has 3 aromatic carbocycles. The number of aromatic nitrogens is 2. The normalized spacial score (nSPS) is 15.4. The fourth-order valence-corrected chi connectivity index (χ4v) is 3.95. The van der Waals surface area contributed by atoms with Crippen LogP contribution in [0.3, 0.4) is 0 Å². The van der Waals surface area contributed by atoms with E-state index in [-0.39, 0.29) is 18.2 Å². The first kappa shape index (κ1) is 21.4. The van der Waals surface area contributed by atoms with Crippen molar-refractivity contribution >= 4 is 23.2 Å². The molecule has 1 unspecified atom stereocenters. The third-order valence-electron chi connectivity index (χ3n) is 5.73. The van der Waals surface area contributed by atoms with Gasteiger partial charge >= 0.3 is 0 Å². The van der Waals surface area contributed by atoms with E-state index in [1.807, 2.05) is 48.5 Å². The highest BCUT2D eigenvalue weighted by atomic mass is 16.5. The van der Waals surface area contributed by atoms with Crippen molar-refractivity contribution < 1.29 is 18.8 Å². The van der Waals surface area contributed by atoms with Gasteiger partial charge in [0.15, 0.2) is 0 Å². The van der Waals surface area contributed by atoms with Crippen molar-refractivity contribution in [1.82, 2.24) is 10.1 Å². The highest BCUT2D eigenvalue weighted by molar-refractivity contribution is 6.04. The molecule has 0 spiro atoms. The molecule has 5 rings (SSSR count). The number of nitrogens with zero attached hydrogens (tertiary/aromatic N) is 3. The van der Waals surface area contributed by atoms with Crippen molar-refractivity contribution in [3.63, 3.8) is 0 Å². The summed E-state index contributed by atoms with van der Waals surface area (Å²) in [5.74, 6) is 0.739. The SMILES string of the molecule is COc1ccccc1N1CC(C(=O)Nc2ccc(-c3nc(-c4ccccc4)no3)cc2)CC1=O. The summed E-state index contributed by atoms with van der Waals surface area (Å²) in [6, 6.07) is 24.0. The number of hydrogen-bond donors (Lipinski definition) is 1. The Kier molecular flexibility index (Phi) is 5.78. The zero-order valence-electron chi connectivity index (χ0n) is 18.5. The minimum absolute atomic E-state index is 0.106. The van der Waals surface area contributed by atoms with Crippen LogP contribution in [0.2, 0.25) is 0 Å². The maximum atomic E-state index is 12.8. The maximum Gasteiger partial charge on any atom is 0.258 e. The smallest absolute Gasteiger partial charge is 0.258 e. The Morgan fingerprint density at radius 2 is 1.74 bits per heavy atom. The van der Waals surface area contributed by atoms with E-state index in [2.05, 4.69) is 15.5 Å². The first-order valence-electron chi connectivity index (χ1n) is 10.9. The van der Waals surface area contributed by atoms with Crippen molar-refractivity contribution in [3.05, 3.63) is 78.9 Å². The summed E-state index contributed by atoms with van der Waals surface area (Å²) < 4.78 is 10.8. The number of amides is 2. The summed E-state index contributed by atoms with van der Waals surface area (Å²) >= 11 is 0. The van der Waals surface area contributed by atoms with Gasteiger partial charge in [0.25, 0.3) is 5.89 Å². The number of methoxy groups -OCH3 is 1. The van der Waals surface area contributed by atoms with E-state index in [4.69, 9.17) is 9.26 Å². The molecular formula is C26H22N4O4. The largest absolute Gasteiger partial charge is 0.495 e. The molecule has 1 aliphatic heterocycles. The zero-order chi connectivity index (χ0) is 23.5. The van der Waals surface area contributed by atoms with Gasteiger partial charge in [-0.15, -0.1) is 0 Å². The van der Waals surface area contributed by atoms with Gasteiger partial charge < -0.3 is 19.5 Å². The molecule has 1 saturated heterocycles. The monoisotopic (exact) mass is 454 g/mol. The number of carbonyl (C=O) groups is 2. The molecule has 2 heterocycles.